The minimum Gasteiger partial charge on any atom is -0.331 e. The molecule has 1 atom stereocenters. The van der Waals surface area contributed by atoms with Gasteiger partial charge in [-0.15, -0.1) is 11.3 Å². The van der Waals surface area contributed by atoms with Gasteiger partial charge in [0.25, 0.3) is 5.91 Å². The van der Waals surface area contributed by atoms with Gasteiger partial charge in [0.05, 0.1) is 10.9 Å². The number of amides is 1. The van der Waals surface area contributed by atoms with Crippen LogP contribution in [0.5, 0.6) is 0 Å². The summed E-state index contributed by atoms with van der Waals surface area (Å²) >= 11 is 1.73. The molecule has 2 aromatic rings. The number of primary sulfonamides is 1. The molecule has 1 aliphatic heterocycles. The lowest BCUT2D eigenvalue weighted by atomic mass is 9.96. The van der Waals surface area contributed by atoms with E-state index in [1.54, 1.807) is 31.3 Å². The number of aryl methyl sites for hydroxylation is 1. The highest BCUT2D eigenvalue weighted by molar-refractivity contribution is 7.89. The lowest BCUT2D eigenvalue weighted by Crippen LogP contribution is -2.39. The number of thiophene rings is 1. The number of nitrogens with two attached hydrogens (primary N) is 1. The van der Waals surface area contributed by atoms with E-state index in [0.717, 1.165) is 18.4 Å². The molecule has 5 nitrogen and oxygen atoms in total. The summed E-state index contributed by atoms with van der Waals surface area (Å²) in [6.07, 6.45) is 1.66. The van der Waals surface area contributed by atoms with E-state index in [4.69, 9.17) is 5.14 Å². The van der Waals surface area contributed by atoms with Gasteiger partial charge in [-0.2, -0.15) is 0 Å². The van der Waals surface area contributed by atoms with E-state index in [9.17, 15) is 13.2 Å². The normalized spacial score (nSPS) is 17.4. The van der Waals surface area contributed by atoms with Crippen LogP contribution in [0, 0.1) is 13.8 Å². The number of rotatable bonds is 3. The maximum atomic E-state index is 13.1. The van der Waals surface area contributed by atoms with Crippen molar-refractivity contribution in [2.75, 3.05) is 6.54 Å². The van der Waals surface area contributed by atoms with Crippen molar-refractivity contribution in [3.8, 4) is 0 Å². The van der Waals surface area contributed by atoms with Gasteiger partial charge < -0.3 is 4.90 Å². The van der Waals surface area contributed by atoms with Crippen LogP contribution >= 0.6 is 11.3 Å². The van der Waals surface area contributed by atoms with Gasteiger partial charge >= 0.3 is 0 Å². The SMILES string of the molecule is CCC1c2ccsc2CCN1C(=O)c1cc(C)c(C)c(S(N)(=O)=O)c1. The van der Waals surface area contributed by atoms with Crippen molar-refractivity contribution in [2.45, 2.75) is 44.6 Å². The van der Waals surface area contributed by atoms with Crippen LogP contribution in [0.3, 0.4) is 0 Å². The molecule has 1 amide bonds. The Morgan fingerprint density at radius 2 is 2.08 bits per heavy atom. The van der Waals surface area contributed by atoms with Crippen LogP contribution in [-0.2, 0) is 16.4 Å². The lowest BCUT2D eigenvalue weighted by molar-refractivity contribution is 0.0657. The molecular weight excluding hydrogens is 356 g/mol. The Kier molecular flexibility index (Phi) is 4.74. The van der Waals surface area contributed by atoms with E-state index in [0.29, 0.717) is 17.7 Å². The first-order chi connectivity index (χ1) is 11.7. The number of nitrogens with zero attached hydrogens (tertiary/aromatic N) is 1. The van der Waals surface area contributed by atoms with Crippen LogP contribution in [0.1, 0.15) is 51.3 Å². The van der Waals surface area contributed by atoms with Crippen LogP contribution in [0.25, 0.3) is 0 Å². The molecule has 1 aromatic heterocycles. The van der Waals surface area contributed by atoms with Crippen LogP contribution in [0.15, 0.2) is 28.5 Å². The van der Waals surface area contributed by atoms with Crippen molar-refractivity contribution >= 4 is 27.3 Å². The monoisotopic (exact) mass is 378 g/mol. The maximum absolute atomic E-state index is 13.1. The van der Waals surface area contributed by atoms with E-state index in [-0.39, 0.29) is 16.8 Å². The van der Waals surface area contributed by atoms with Gasteiger partial charge in [0.2, 0.25) is 10.0 Å². The predicted octanol–water partition coefficient (Wildman–Crippen LogP) is 3.16. The topological polar surface area (TPSA) is 80.5 Å². The van der Waals surface area contributed by atoms with Gasteiger partial charge in [-0.1, -0.05) is 6.92 Å². The molecule has 1 aliphatic rings. The number of benzene rings is 1. The fraction of sp³-hybridized carbons (Fsp3) is 0.389. The molecule has 0 radical (unpaired) electrons. The van der Waals surface area contributed by atoms with Gasteiger partial charge in [-0.3, -0.25) is 4.79 Å². The summed E-state index contributed by atoms with van der Waals surface area (Å²) in [4.78, 5) is 16.3. The Morgan fingerprint density at radius 3 is 2.72 bits per heavy atom. The molecule has 0 saturated heterocycles. The number of carbonyl (C=O) groups is 1. The summed E-state index contributed by atoms with van der Waals surface area (Å²) in [7, 11) is -3.87. The Balaban J connectivity index is 2.03. The molecule has 3 rings (SSSR count). The second kappa shape index (κ2) is 6.55. The Hall–Kier alpha value is -1.70. The highest BCUT2D eigenvalue weighted by Crippen LogP contribution is 2.36. The van der Waals surface area contributed by atoms with E-state index >= 15 is 0 Å². The van der Waals surface area contributed by atoms with Crippen molar-refractivity contribution in [1.29, 1.82) is 0 Å². The summed E-state index contributed by atoms with van der Waals surface area (Å²) in [6.45, 7) is 6.21. The summed E-state index contributed by atoms with van der Waals surface area (Å²) in [5, 5.41) is 7.39. The Bertz CT molecular complexity index is 932. The van der Waals surface area contributed by atoms with Crippen molar-refractivity contribution < 1.29 is 13.2 Å². The van der Waals surface area contributed by atoms with E-state index in [1.807, 2.05) is 4.90 Å². The summed E-state index contributed by atoms with van der Waals surface area (Å²) in [5.41, 5.74) is 2.92. The fourth-order valence-electron chi connectivity index (χ4n) is 3.49. The zero-order valence-corrected chi connectivity index (χ0v) is 16.2. The quantitative estimate of drug-likeness (QED) is 0.891. The van der Waals surface area contributed by atoms with Crippen LogP contribution in [-0.4, -0.2) is 25.8 Å². The van der Waals surface area contributed by atoms with Gasteiger partial charge in [0.15, 0.2) is 0 Å². The first-order valence-corrected chi connectivity index (χ1v) is 10.7. The lowest BCUT2D eigenvalue weighted by Gasteiger charge is -2.35. The average Bonchev–Trinajstić information content (AvgIpc) is 3.03. The summed E-state index contributed by atoms with van der Waals surface area (Å²) < 4.78 is 23.7. The molecule has 0 saturated carbocycles. The first-order valence-electron chi connectivity index (χ1n) is 8.25. The largest absolute Gasteiger partial charge is 0.331 e. The number of fused-ring (bicyclic) bond motifs is 1. The molecule has 2 heterocycles. The van der Waals surface area contributed by atoms with Crippen LogP contribution in [0.4, 0.5) is 0 Å². The summed E-state index contributed by atoms with van der Waals surface area (Å²) in [5.74, 6) is -0.142. The van der Waals surface area contributed by atoms with Gasteiger partial charge in [0.1, 0.15) is 0 Å². The standard InChI is InChI=1S/C18H22N2O3S2/c1-4-15-14-6-8-24-16(14)5-7-20(15)18(21)13-9-11(2)12(3)17(10-13)25(19,22)23/h6,8-10,15H,4-5,7H2,1-3H3,(H2,19,22,23). The highest BCUT2D eigenvalue weighted by Gasteiger charge is 2.31. The third kappa shape index (κ3) is 3.23. The molecule has 2 N–H and O–H groups in total. The molecule has 25 heavy (non-hydrogen) atoms. The number of carbonyl (C=O) groups excluding carboxylic acids is 1. The van der Waals surface area contributed by atoms with Crippen molar-refractivity contribution in [2.24, 2.45) is 5.14 Å². The van der Waals surface area contributed by atoms with Crippen molar-refractivity contribution in [3.63, 3.8) is 0 Å². The van der Waals surface area contributed by atoms with E-state index in [1.165, 1.54) is 16.5 Å². The van der Waals surface area contributed by atoms with Crippen LogP contribution in [0.2, 0.25) is 0 Å². The average molecular weight is 379 g/mol. The predicted molar refractivity (Wildman–Crippen MR) is 99.4 cm³/mol. The number of hydrogen-bond acceptors (Lipinski definition) is 4. The minimum absolute atomic E-state index is 0.0251. The van der Waals surface area contributed by atoms with Crippen LogP contribution < -0.4 is 5.14 Å². The Morgan fingerprint density at radius 1 is 1.36 bits per heavy atom. The molecule has 0 aliphatic carbocycles. The fourth-order valence-corrected chi connectivity index (χ4v) is 5.30. The second-order valence-corrected chi connectivity index (χ2v) is 8.96. The number of sulfonamides is 1. The Labute approximate surface area is 152 Å². The third-order valence-electron chi connectivity index (χ3n) is 4.92. The third-order valence-corrected chi connectivity index (χ3v) is 6.95. The molecule has 0 bridgehead atoms. The zero-order valence-electron chi connectivity index (χ0n) is 14.6. The zero-order chi connectivity index (χ0) is 18.4. The molecular formula is C18H22N2O3S2. The first kappa shape index (κ1) is 18.1. The van der Waals surface area contributed by atoms with E-state index < -0.39 is 10.0 Å². The van der Waals surface area contributed by atoms with E-state index in [2.05, 4.69) is 18.4 Å². The molecule has 0 fully saturated rings. The van der Waals surface area contributed by atoms with Gasteiger partial charge in [-0.05, 0) is 67.0 Å². The highest BCUT2D eigenvalue weighted by atomic mass is 32.2. The van der Waals surface area contributed by atoms with Gasteiger partial charge in [0, 0.05) is 17.0 Å². The van der Waals surface area contributed by atoms with Crippen molar-refractivity contribution in [3.05, 3.63) is 50.7 Å². The van der Waals surface area contributed by atoms with Crippen molar-refractivity contribution in [1.82, 2.24) is 4.90 Å². The molecule has 1 aromatic carbocycles. The van der Waals surface area contributed by atoms with Gasteiger partial charge in [-0.25, -0.2) is 13.6 Å². The number of hydrogen-bond donors (Lipinski definition) is 1. The molecule has 1 unspecified atom stereocenters. The molecule has 134 valence electrons. The molecule has 7 heteroatoms. The smallest absolute Gasteiger partial charge is 0.254 e. The summed E-state index contributed by atoms with van der Waals surface area (Å²) in [6, 6.07) is 5.28. The minimum atomic E-state index is -3.87. The second-order valence-electron chi connectivity index (χ2n) is 6.43. The maximum Gasteiger partial charge on any atom is 0.254 e. The molecule has 0 spiro atoms.